The molecule has 1 N–H and O–H groups in total. The van der Waals surface area contributed by atoms with Gasteiger partial charge >= 0.3 is 0 Å². The van der Waals surface area contributed by atoms with Gasteiger partial charge in [0.2, 0.25) is 5.95 Å². The first-order valence-corrected chi connectivity index (χ1v) is 12.2. The molecule has 2 aromatic carbocycles. The molecule has 1 aliphatic carbocycles. The van der Waals surface area contributed by atoms with E-state index in [9.17, 15) is 0 Å². The molecule has 0 fully saturated rings. The summed E-state index contributed by atoms with van der Waals surface area (Å²) in [5.41, 5.74) is 5.52. The molecule has 0 radical (unpaired) electrons. The summed E-state index contributed by atoms with van der Waals surface area (Å²) >= 11 is 0. The van der Waals surface area contributed by atoms with Crippen molar-refractivity contribution in [1.82, 2.24) is 29.1 Å². The first-order chi connectivity index (χ1) is 16.8. The lowest BCUT2D eigenvalue weighted by atomic mass is 9.97. The van der Waals surface area contributed by atoms with Gasteiger partial charge in [-0.3, -0.25) is 0 Å². The highest BCUT2D eigenvalue weighted by molar-refractivity contribution is 5.92. The SMILES string of the molecule is Cc1nc2ccccc2n1CCc1nc2c3ccccc3nc(NCCC3=CCCCC3)n2n1. The third-order valence-electron chi connectivity index (χ3n) is 6.74. The van der Waals surface area contributed by atoms with Gasteiger partial charge < -0.3 is 9.88 Å². The number of aromatic nitrogens is 6. The molecule has 1 aliphatic rings. The smallest absolute Gasteiger partial charge is 0.226 e. The predicted molar refractivity (Wildman–Crippen MR) is 136 cm³/mol. The van der Waals surface area contributed by atoms with Crippen molar-refractivity contribution in [3.63, 3.8) is 0 Å². The number of fused-ring (bicyclic) bond motifs is 4. The minimum atomic E-state index is 0.726. The van der Waals surface area contributed by atoms with Gasteiger partial charge in [0, 0.05) is 24.9 Å². The summed E-state index contributed by atoms with van der Waals surface area (Å²) in [6.45, 7) is 3.69. The molecule has 6 rings (SSSR count). The average Bonchev–Trinajstić information content (AvgIpc) is 3.44. The Morgan fingerprint density at radius 1 is 0.912 bits per heavy atom. The van der Waals surface area contributed by atoms with Gasteiger partial charge in [-0.25, -0.2) is 15.0 Å². The fourth-order valence-corrected chi connectivity index (χ4v) is 4.98. The van der Waals surface area contributed by atoms with Crippen molar-refractivity contribution in [1.29, 1.82) is 0 Å². The minimum Gasteiger partial charge on any atom is -0.354 e. The van der Waals surface area contributed by atoms with Crippen LogP contribution in [0.5, 0.6) is 0 Å². The second-order valence-corrected chi connectivity index (χ2v) is 9.05. The molecule has 172 valence electrons. The zero-order chi connectivity index (χ0) is 22.9. The van der Waals surface area contributed by atoms with Crippen LogP contribution in [0.25, 0.3) is 27.6 Å². The molecule has 0 amide bonds. The standard InChI is InChI=1S/C27H29N7/c1-19-29-23-13-7-8-14-24(23)33(19)18-16-25-31-26-21-11-5-6-12-22(21)30-27(34(26)32-25)28-17-15-20-9-3-2-4-10-20/h5-9,11-14H,2-4,10,15-18H2,1H3,(H,28,30). The molecular formula is C27H29N7. The van der Waals surface area contributed by atoms with Crippen molar-refractivity contribution in [2.75, 3.05) is 11.9 Å². The summed E-state index contributed by atoms with van der Waals surface area (Å²) in [7, 11) is 0. The number of nitrogens with zero attached hydrogens (tertiary/aromatic N) is 6. The second kappa shape index (κ2) is 8.89. The van der Waals surface area contributed by atoms with E-state index in [1.54, 1.807) is 5.57 Å². The van der Waals surface area contributed by atoms with Gasteiger partial charge in [0.15, 0.2) is 11.5 Å². The van der Waals surface area contributed by atoms with Crippen LogP contribution in [-0.2, 0) is 13.0 Å². The summed E-state index contributed by atoms with van der Waals surface area (Å²) in [6, 6.07) is 16.4. The van der Waals surface area contributed by atoms with E-state index in [-0.39, 0.29) is 0 Å². The number of imidazole rings is 1. The molecule has 0 atom stereocenters. The highest BCUT2D eigenvalue weighted by Gasteiger charge is 2.15. The molecule has 0 aliphatic heterocycles. The second-order valence-electron chi connectivity index (χ2n) is 9.05. The largest absolute Gasteiger partial charge is 0.354 e. The lowest BCUT2D eigenvalue weighted by molar-refractivity contribution is 0.667. The van der Waals surface area contributed by atoms with Crippen molar-refractivity contribution in [3.8, 4) is 0 Å². The van der Waals surface area contributed by atoms with Crippen molar-refractivity contribution in [2.45, 2.75) is 52.0 Å². The third-order valence-corrected chi connectivity index (χ3v) is 6.74. The zero-order valence-corrected chi connectivity index (χ0v) is 19.5. The number of rotatable bonds is 7. The van der Waals surface area contributed by atoms with Crippen molar-refractivity contribution >= 4 is 33.5 Å². The van der Waals surface area contributed by atoms with Gasteiger partial charge in [-0.15, -0.1) is 5.10 Å². The van der Waals surface area contributed by atoms with Crippen LogP contribution in [0, 0.1) is 6.92 Å². The Balaban J connectivity index is 1.29. The van der Waals surface area contributed by atoms with Gasteiger partial charge in [-0.1, -0.05) is 35.9 Å². The van der Waals surface area contributed by atoms with Crippen LogP contribution in [0.2, 0.25) is 0 Å². The summed E-state index contributed by atoms with van der Waals surface area (Å²) in [4.78, 5) is 14.5. The summed E-state index contributed by atoms with van der Waals surface area (Å²) < 4.78 is 4.13. The highest BCUT2D eigenvalue weighted by Crippen LogP contribution is 2.23. The monoisotopic (exact) mass is 451 g/mol. The fourth-order valence-electron chi connectivity index (χ4n) is 4.98. The Morgan fingerprint density at radius 2 is 1.76 bits per heavy atom. The van der Waals surface area contributed by atoms with Gasteiger partial charge in [0.05, 0.1) is 16.6 Å². The third kappa shape index (κ3) is 3.91. The number of allylic oxidation sites excluding steroid dienone is 1. The number of hydrogen-bond donors (Lipinski definition) is 1. The van der Waals surface area contributed by atoms with E-state index in [0.29, 0.717) is 0 Å². The van der Waals surface area contributed by atoms with Crippen LogP contribution >= 0.6 is 0 Å². The Hall–Kier alpha value is -3.74. The molecule has 7 nitrogen and oxygen atoms in total. The molecular weight excluding hydrogens is 422 g/mol. The number of aryl methyl sites for hydroxylation is 3. The van der Waals surface area contributed by atoms with E-state index in [1.807, 2.05) is 28.8 Å². The maximum Gasteiger partial charge on any atom is 0.226 e. The Kier molecular flexibility index (Phi) is 5.45. The summed E-state index contributed by atoms with van der Waals surface area (Å²) in [6.07, 6.45) is 9.24. The number of benzene rings is 2. The molecule has 7 heteroatoms. The molecule has 0 spiro atoms. The van der Waals surface area contributed by atoms with Crippen LogP contribution in [0.1, 0.15) is 43.8 Å². The molecule has 3 heterocycles. The van der Waals surface area contributed by atoms with E-state index in [2.05, 4.69) is 52.1 Å². The van der Waals surface area contributed by atoms with Crippen LogP contribution in [0.3, 0.4) is 0 Å². The molecule has 0 unspecified atom stereocenters. The fraction of sp³-hybridized carbons (Fsp3) is 0.333. The number of para-hydroxylation sites is 3. The number of anilines is 1. The van der Waals surface area contributed by atoms with Gasteiger partial charge in [0.1, 0.15) is 5.82 Å². The molecule has 3 aromatic heterocycles. The Morgan fingerprint density at radius 3 is 2.65 bits per heavy atom. The molecule has 0 saturated heterocycles. The lowest BCUT2D eigenvalue weighted by Crippen LogP contribution is -2.11. The molecule has 0 bridgehead atoms. The zero-order valence-electron chi connectivity index (χ0n) is 19.5. The minimum absolute atomic E-state index is 0.726. The first-order valence-electron chi connectivity index (χ1n) is 12.2. The molecule has 34 heavy (non-hydrogen) atoms. The van der Waals surface area contributed by atoms with E-state index in [4.69, 9.17) is 15.1 Å². The van der Waals surface area contributed by atoms with Gasteiger partial charge in [-0.05, 0) is 63.3 Å². The first kappa shape index (κ1) is 20.8. The number of hydrogen-bond acceptors (Lipinski definition) is 5. The lowest BCUT2D eigenvalue weighted by Gasteiger charge is -2.13. The van der Waals surface area contributed by atoms with Crippen molar-refractivity contribution < 1.29 is 0 Å². The van der Waals surface area contributed by atoms with Gasteiger partial charge in [0.25, 0.3) is 0 Å². The van der Waals surface area contributed by atoms with Crippen LogP contribution in [0.15, 0.2) is 60.2 Å². The Bertz CT molecular complexity index is 1510. The predicted octanol–water partition coefficient (Wildman–Crippen LogP) is 5.48. The van der Waals surface area contributed by atoms with Crippen LogP contribution in [-0.4, -0.2) is 35.7 Å². The Labute approximate surface area is 198 Å². The van der Waals surface area contributed by atoms with Crippen LogP contribution < -0.4 is 5.32 Å². The average molecular weight is 452 g/mol. The quantitative estimate of drug-likeness (QED) is 0.332. The van der Waals surface area contributed by atoms with E-state index in [0.717, 1.165) is 71.1 Å². The highest BCUT2D eigenvalue weighted by atomic mass is 15.4. The topological polar surface area (TPSA) is 72.9 Å². The number of nitrogens with one attached hydrogen (secondary N) is 1. The van der Waals surface area contributed by atoms with E-state index < -0.39 is 0 Å². The molecule has 5 aromatic rings. The molecule has 0 saturated carbocycles. The maximum absolute atomic E-state index is 4.94. The maximum atomic E-state index is 4.94. The van der Waals surface area contributed by atoms with E-state index >= 15 is 0 Å². The van der Waals surface area contributed by atoms with Crippen LogP contribution in [0.4, 0.5) is 5.95 Å². The normalized spacial score (nSPS) is 14.2. The van der Waals surface area contributed by atoms with Gasteiger partial charge in [-0.2, -0.15) is 4.52 Å². The summed E-state index contributed by atoms with van der Waals surface area (Å²) in [5.74, 6) is 2.58. The summed E-state index contributed by atoms with van der Waals surface area (Å²) in [5, 5.41) is 9.43. The van der Waals surface area contributed by atoms with Crippen molar-refractivity contribution in [2.24, 2.45) is 0 Å². The van der Waals surface area contributed by atoms with E-state index in [1.165, 1.54) is 25.7 Å². The van der Waals surface area contributed by atoms with Crippen molar-refractivity contribution in [3.05, 3.63) is 71.8 Å².